The van der Waals surface area contributed by atoms with E-state index >= 15 is 0 Å². The highest BCUT2D eigenvalue weighted by atomic mass is 32.2. The first-order valence-electron chi connectivity index (χ1n) is 16.9. The van der Waals surface area contributed by atoms with Crippen LogP contribution in [0.15, 0.2) is 108 Å². The topological polar surface area (TPSA) is 119 Å². The van der Waals surface area contributed by atoms with Gasteiger partial charge >= 0.3 is 6.03 Å². The lowest BCUT2D eigenvalue weighted by Crippen LogP contribution is -2.47. The van der Waals surface area contributed by atoms with Gasteiger partial charge in [0, 0.05) is 43.8 Å². The lowest BCUT2D eigenvalue weighted by molar-refractivity contribution is -0.126. The number of carbonyl (C=O) groups excluding carboxylic acids is 3. The molecule has 3 fully saturated rings. The second kappa shape index (κ2) is 15.6. The van der Waals surface area contributed by atoms with E-state index in [0.717, 1.165) is 47.7 Å². The first-order chi connectivity index (χ1) is 24.5. The predicted molar refractivity (Wildman–Crippen MR) is 195 cm³/mol. The maximum Gasteiger partial charge on any atom is 0.318 e. The second-order valence-electron chi connectivity index (χ2n) is 12.4. The minimum absolute atomic E-state index is 0.0794. The van der Waals surface area contributed by atoms with Crippen LogP contribution < -0.4 is 15.5 Å². The number of morpholine rings is 1. The molecule has 50 heavy (non-hydrogen) atoms. The highest BCUT2D eigenvalue weighted by molar-refractivity contribution is 8.15. The highest BCUT2D eigenvalue weighted by Gasteiger charge is 2.39. The van der Waals surface area contributed by atoms with Crippen LogP contribution in [0.5, 0.6) is 0 Å². The third-order valence-corrected chi connectivity index (χ3v) is 10.3. The summed E-state index contributed by atoms with van der Waals surface area (Å²) in [6, 6.07) is 29.9. The number of pyridine rings is 1. The summed E-state index contributed by atoms with van der Waals surface area (Å²) in [6.45, 7) is 4.36. The largest absolute Gasteiger partial charge is 0.378 e. The van der Waals surface area contributed by atoms with Crippen LogP contribution in [0.25, 0.3) is 0 Å². The molecule has 0 aliphatic carbocycles. The Labute approximate surface area is 295 Å². The predicted octanol–water partition coefficient (Wildman–Crippen LogP) is 5.74. The zero-order valence-corrected chi connectivity index (χ0v) is 28.4. The second-order valence-corrected chi connectivity index (χ2v) is 13.4. The van der Waals surface area contributed by atoms with E-state index in [-0.39, 0.29) is 17.8 Å². The molecule has 3 aliphatic rings. The number of aromatic nitrogens is 1. The molecular weight excluding hydrogens is 651 g/mol. The Morgan fingerprint density at radius 3 is 2.40 bits per heavy atom. The van der Waals surface area contributed by atoms with E-state index in [9.17, 15) is 14.4 Å². The molecular formula is C38H39N7O4S. The van der Waals surface area contributed by atoms with Gasteiger partial charge in [0.05, 0.1) is 31.1 Å². The van der Waals surface area contributed by atoms with Crippen LogP contribution in [0.4, 0.5) is 21.9 Å². The van der Waals surface area contributed by atoms with Gasteiger partial charge in [0.25, 0.3) is 0 Å². The number of thioether (sulfide) groups is 1. The first-order valence-corrected chi connectivity index (χ1v) is 17.8. The number of aliphatic imine (C=N–C) groups is 1. The molecule has 0 spiro atoms. The molecule has 4 heterocycles. The molecule has 3 aromatic carbocycles. The molecule has 1 unspecified atom stereocenters. The molecule has 4 amide bonds. The average molecular weight is 690 g/mol. The Balaban J connectivity index is 1.03. The van der Waals surface area contributed by atoms with E-state index in [0.29, 0.717) is 50.1 Å². The van der Waals surface area contributed by atoms with Gasteiger partial charge in [-0.1, -0.05) is 60.3 Å². The third kappa shape index (κ3) is 7.82. The lowest BCUT2D eigenvalue weighted by atomic mass is 10.1. The summed E-state index contributed by atoms with van der Waals surface area (Å²) in [6.07, 6.45) is 3.07. The number of nitrogens with zero attached hydrogens (tertiary/aromatic N) is 5. The van der Waals surface area contributed by atoms with Crippen molar-refractivity contribution >= 4 is 51.8 Å². The fraction of sp³-hybridized carbons (Fsp3) is 0.289. The van der Waals surface area contributed by atoms with Crippen molar-refractivity contribution in [2.45, 2.75) is 37.2 Å². The standard InChI is InChI=1S/C38H39N7O4S/c46-35(33-10-6-20-44(33)37(48)40-25-27-7-2-1-3-8-27)41-29-13-11-28(12-14-29)34-36(47)45(26-31-9-4-5-19-39-31)38(50-34)42-30-15-17-32(18-16-30)43-21-23-49-24-22-43/h1-5,7-9,11-19,33-34H,6,10,20-26H2,(H,40,48)(H,41,46)/b42-38-/t33-,34?/m0/s1. The van der Waals surface area contributed by atoms with Crippen LogP contribution in [0.1, 0.15) is 34.9 Å². The Morgan fingerprint density at radius 1 is 0.900 bits per heavy atom. The zero-order chi connectivity index (χ0) is 34.3. The van der Waals surface area contributed by atoms with E-state index in [4.69, 9.17) is 9.73 Å². The minimum atomic E-state index is -0.556. The van der Waals surface area contributed by atoms with Crippen molar-refractivity contribution in [2.75, 3.05) is 43.1 Å². The maximum atomic E-state index is 13.9. The van der Waals surface area contributed by atoms with Gasteiger partial charge in [-0.15, -0.1) is 0 Å². The summed E-state index contributed by atoms with van der Waals surface area (Å²) in [5.74, 6) is -0.309. The number of rotatable bonds is 9. The number of anilines is 2. The van der Waals surface area contributed by atoms with Gasteiger partial charge in [0.1, 0.15) is 11.3 Å². The number of benzene rings is 3. The van der Waals surface area contributed by atoms with Crippen LogP contribution in [0.3, 0.4) is 0 Å². The van der Waals surface area contributed by atoms with E-state index in [1.807, 2.05) is 72.8 Å². The molecule has 7 rings (SSSR count). The number of urea groups is 1. The van der Waals surface area contributed by atoms with Gasteiger partial charge in [0.15, 0.2) is 5.17 Å². The molecule has 2 atom stereocenters. The molecule has 3 saturated heterocycles. The van der Waals surface area contributed by atoms with Gasteiger partial charge in [-0.3, -0.25) is 19.5 Å². The lowest BCUT2D eigenvalue weighted by Gasteiger charge is -2.28. The number of hydrogen-bond acceptors (Lipinski definition) is 8. The molecule has 4 aromatic rings. The molecule has 0 saturated carbocycles. The van der Waals surface area contributed by atoms with Crippen molar-refractivity contribution in [3.05, 3.63) is 120 Å². The maximum absolute atomic E-state index is 13.9. The Bertz CT molecular complexity index is 1820. The van der Waals surface area contributed by atoms with Crippen LogP contribution in [0, 0.1) is 0 Å². The van der Waals surface area contributed by atoms with Crippen LogP contribution in [-0.4, -0.2) is 76.7 Å². The summed E-state index contributed by atoms with van der Waals surface area (Å²) in [4.78, 5) is 55.1. The van der Waals surface area contributed by atoms with E-state index in [1.54, 1.807) is 28.1 Å². The Hall–Kier alpha value is -5.20. The van der Waals surface area contributed by atoms with Gasteiger partial charge in [-0.2, -0.15) is 0 Å². The van der Waals surface area contributed by atoms with Crippen molar-refractivity contribution in [1.29, 1.82) is 0 Å². The Morgan fingerprint density at radius 2 is 1.66 bits per heavy atom. The summed E-state index contributed by atoms with van der Waals surface area (Å²) < 4.78 is 5.48. The van der Waals surface area contributed by atoms with Gasteiger partial charge in [-0.25, -0.2) is 9.79 Å². The van der Waals surface area contributed by atoms with Gasteiger partial charge in [-0.05, 0) is 72.5 Å². The number of ether oxygens (including phenoxy) is 1. The van der Waals surface area contributed by atoms with Gasteiger partial charge < -0.3 is 25.2 Å². The monoisotopic (exact) mass is 689 g/mol. The van der Waals surface area contributed by atoms with Crippen molar-refractivity contribution in [1.82, 2.24) is 20.1 Å². The minimum Gasteiger partial charge on any atom is -0.378 e. The molecule has 1 aromatic heterocycles. The molecule has 2 N–H and O–H groups in total. The molecule has 256 valence electrons. The zero-order valence-electron chi connectivity index (χ0n) is 27.6. The summed E-state index contributed by atoms with van der Waals surface area (Å²) in [5, 5.41) is 6.01. The summed E-state index contributed by atoms with van der Waals surface area (Å²) in [5.41, 5.74) is 5.05. The smallest absolute Gasteiger partial charge is 0.318 e. The van der Waals surface area contributed by atoms with Crippen molar-refractivity contribution in [2.24, 2.45) is 4.99 Å². The highest BCUT2D eigenvalue weighted by Crippen LogP contribution is 2.41. The van der Waals surface area contributed by atoms with Crippen molar-refractivity contribution in [3.63, 3.8) is 0 Å². The van der Waals surface area contributed by atoms with Crippen molar-refractivity contribution < 1.29 is 19.1 Å². The molecule has 0 radical (unpaired) electrons. The quantitative estimate of drug-likeness (QED) is 0.230. The summed E-state index contributed by atoms with van der Waals surface area (Å²) in [7, 11) is 0. The van der Waals surface area contributed by atoms with Crippen molar-refractivity contribution in [3.8, 4) is 0 Å². The number of nitrogens with one attached hydrogen (secondary N) is 2. The molecule has 3 aliphatic heterocycles. The molecule has 0 bridgehead atoms. The van der Waals surface area contributed by atoms with E-state index in [1.165, 1.54) is 11.8 Å². The number of amides is 4. The summed E-state index contributed by atoms with van der Waals surface area (Å²) >= 11 is 1.41. The Kier molecular flexibility index (Phi) is 10.4. The van der Waals surface area contributed by atoms with Crippen LogP contribution in [0.2, 0.25) is 0 Å². The molecule has 11 nitrogen and oxygen atoms in total. The molecule has 12 heteroatoms. The number of likely N-dealkylation sites (tertiary alicyclic amines) is 1. The fourth-order valence-electron chi connectivity index (χ4n) is 6.35. The van der Waals surface area contributed by atoms with Crippen LogP contribution in [-0.2, 0) is 27.4 Å². The third-order valence-electron chi connectivity index (χ3n) is 9.03. The average Bonchev–Trinajstić information content (AvgIpc) is 3.78. The SMILES string of the molecule is O=C(Nc1ccc(C2S/C(=N\c3ccc(N4CCOCC4)cc3)N(Cc3ccccn3)C2=O)cc1)[C@@H]1CCCN1C(=O)NCc1ccccc1. The number of amidine groups is 1. The fourth-order valence-corrected chi connectivity index (χ4v) is 7.52. The van der Waals surface area contributed by atoms with E-state index in [2.05, 4.69) is 32.7 Å². The van der Waals surface area contributed by atoms with Crippen LogP contribution >= 0.6 is 11.8 Å². The van der Waals surface area contributed by atoms with Gasteiger partial charge in [0.2, 0.25) is 11.8 Å². The van der Waals surface area contributed by atoms with E-state index < -0.39 is 11.3 Å². The number of hydrogen-bond donors (Lipinski definition) is 2. The normalized spacial score (nSPS) is 20.0. The number of carbonyl (C=O) groups is 3. The first kappa shape index (κ1) is 33.3.